The Kier molecular flexibility index (Phi) is 6.78. The van der Waals surface area contributed by atoms with Crippen LogP contribution in [0.1, 0.15) is 46.1 Å². The molecule has 1 heterocycles. The second-order valence-corrected chi connectivity index (χ2v) is 5.95. The van der Waals surface area contributed by atoms with E-state index in [2.05, 4.69) is 42.6 Å². The van der Waals surface area contributed by atoms with Gasteiger partial charge in [-0.25, -0.2) is 9.97 Å². The second-order valence-electron chi connectivity index (χ2n) is 5.95. The van der Waals surface area contributed by atoms with Gasteiger partial charge in [0.25, 0.3) is 0 Å². The molecule has 1 aromatic heterocycles. The molecule has 4 nitrogen and oxygen atoms in total. The quantitative estimate of drug-likeness (QED) is 0.784. The third-order valence-electron chi connectivity index (χ3n) is 3.16. The van der Waals surface area contributed by atoms with Gasteiger partial charge in [-0.3, -0.25) is 0 Å². The second kappa shape index (κ2) is 8.10. The first-order valence-electron chi connectivity index (χ1n) is 7.28. The fourth-order valence-electron chi connectivity index (χ4n) is 1.76. The van der Waals surface area contributed by atoms with Crippen LogP contribution in [0.3, 0.4) is 0 Å². The van der Waals surface area contributed by atoms with Crippen molar-refractivity contribution in [1.29, 1.82) is 0 Å². The summed E-state index contributed by atoms with van der Waals surface area (Å²) in [5.74, 6) is 2.23. The third kappa shape index (κ3) is 6.01. The van der Waals surface area contributed by atoms with Crippen molar-refractivity contribution in [3.05, 3.63) is 18.0 Å². The Labute approximate surface area is 117 Å². The largest absolute Gasteiger partial charge is 0.341 e. The van der Waals surface area contributed by atoms with E-state index in [1.54, 1.807) is 0 Å². The van der Waals surface area contributed by atoms with Gasteiger partial charge in [0.2, 0.25) is 5.95 Å². The Balaban J connectivity index is 2.69. The van der Waals surface area contributed by atoms with Gasteiger partial charge in [-0.2, -0.15) is 0 Å². The average Bonchev–Trinajstić information content (AvgIpc) is 2.38. The van der Waals surface area contributed by atoms with E-state index in [-0.39, 0.29) is 0 Å². The highest BCUT2D eigenvalue weighted by molar-refractivity contribution is 5.29. The first-order valence-corrected chi connectivity index (χ1v) is 7.28. The zero-order valence-corrected chi connectivity index (χ0v) is 12.8. The minimum absolute atomic E-state index is 0.498. The van der Waals surface area contributed by atoms with E-state index < -0.39 is 0 Å². The number of hydrogen-bond donors (Lipinski definition) is 1. The number of aromatic nitrogens is 2. The molecule has 0 unspecified atom stereocenters. The molecule has 0 bridgehead atoms. The van der Waals surface area contributed by atoms with Crippen molar-refractivity contribution in [3.63, 3.8) is 0 Å². The molecule has 108 valence electrons. The van der Waals surface area contributed by atoms with Gasteiger partial charge >= 0.3 is 0 Å². The molecule has 0 radical (unpaired) electrons. The SMILES string of the molecule is CC(C)CCN(CCC(C)C)c1ncc(CN)cn1. The summed E-state index contributed by atoms with van der Waals surface area (Å²) in [6.07, 6.45) is 6.00. The van der Waals surface area contributed by atoms with E-state index in [9.17, 15) is 0 Å². The van der Waals surface area contributed by atoms with Crippen LogP contribution in [0.2, 0.25) is 0 Å². The predicted molar refractivity (Wildman–Crippen MR) is 81.0 cm³/mol. The lowest BCUT2D eigenvalue weighted by atomic mass is 10.1. The minimum Gasteiger partial charge on any atom is -0.341 e. The van der Waals surface area contributed by atoms with Crippen molar-refractivity contribution in [2.45, 2.75) is 47.1 Å². The third-order valence-corrected chi connectivity index (χ3v) is 3.16. The number of nitrogens with two attached hydrogens (primary N) is 1. The molecule has 0 fully saturated rings. The molecular weight excluding hydrogens is 236 g/mol. The molecule has 1 aromatic rings. The summed E-state index contributed by atoms with van der Waals surface area (Å²) in [6.45, 7) is 11.5. The fourth-order valence-corrected chi connectivity index (χ4v) is 1.76. The zero-order chi connectivity index (χ0) is 14.3. The van der Waals surface area contributed by atoms with E-state index in [0.29, 0.717) is 18.4 Å². The van der Waals surface area contributed by atoms with Crippen LogP contribution in [-0.4, -0.2) is 23.1 Å². The standard InChI is InChI=1S/C15H28N4/c1-12(2)5-7-19(8-6-13(3)4)15-17-10-14(9-16)11-18-15/h10-13H,5-9,16H2,1-4H3. The predicted octanol–water partition coefficient (Wildman–Crippen LogP) is 2.83. The number of nitrogens with zero attached hydrogens (tertiary/aromatic N) is 3. The lowest BCUT2D eigenvalue weighted by Gasteiger charge is -2.24. The van der Waals surface area contributed by atoms with Crippen LogP contribution in [0.25, 0.3) is 0 Å². The molecule has 0 amide bonds. The highest BCUT2D eigenvalue weighted by Crippen LogP contribution is 2.13. The molecule has 0 saturated heterocycles. The summed E-state index contributed by atoms with van der Waals surface area (Å²) >= 11 is 0. The molecule has 0 aliphatic carbocycles. The van der Waals surface area contributed by atoms with Crippen molar-refractivity contribution >= 4 is 5.95 Å². The van der Waals surface area contributed by atoms with E-state index >= 15 is 0 Å². The summed E-state index contributed by atoms with van der Waals surface area (Å²) in [5.41, 5.74) is 6.56. The van der Waals surface area contributed by atoms with E-state index in [0.717, 1.165) is 24.6 Å². The Morgan fingerprint density at radius 3 is 1.84 bits per heavy atom. The van der Waals surface area contributed by atoms with Gasteiger partial charge in [-0.1, -0.05) is 27.7 Å². The minimum atomic E-state index is 0.498. The maximum atomic E-state index is 5.58. The molecule has 0 aliphatic rings. The molecule has 0 saturated carbocycles. The number of rotatable bonds is 8. The molecular formula is C15H28N4. The van der Waals surface area contributed by atoms with E-state index in [1.807, 2.05) is 12.4 Å². The van der Waals surface area contributed by atoms with Crippen molar-refractivity contribution in [3.8, 4) is 0 Å². The van der Waals surface area contributed by atoms with Crippen LogP contribution < -0.4 is 10.6 Å². The smallest absolute Gasteiger partial charge is 0.225 e. The van der Waals surface area contributed by atoms with Crippen molar-refractivity contribution in [1.82, 2.24) is 9.97 Å². The van der Waals surface area contributed by atoms with Gasteiger partial charge in [0.15, 0.2) is 0 Å². The zero-order valence-electron chi connectivity index (χ0n) is 12.8. The Morgan fingerprint density at radius 1 is 1.00 bits per heavy atom. The highest BCUT2D eigenvalue weighted by atomic mass is 15.2. The van der Waals surface area contributed by atoms with Crippen LogP contribution in [0.5, 0.6) is 0 Å². The van der Waals surface area contributed by atoms with Crippen LogP contribution >= 0.6 is 0 Å². The summed E-state index contributed by atoms with van der Waals surface area (Å²) in [7, 11) is 0. The molecule has 19 heavy (non-hydrogen) atoms. The summed E-state index contributed by atoms with van der Waals surface area (Å²) in [5, 5.41) is 0. The molecule has 0 spiro atoms. The summed E-state index contributed by atoms with van der Waals surface area (Å²) in [6, 6.07) is 0. The Morgan fingerprint density at radius 2 is 1.47 bits per heavy atom. The monoisotopic (exact) mass is 264 g/mol. The van der Waals surface area contributed by atoms with Gasteiger partial charge in [0.1, 0.15) is 0 Å². The number of anilines is 1. The fraction of sp³-hybridized carbons (Fsp3) is 0.733. The van der Waals surface area contributed by atoms with Gasteiger partial charge in [-0.05, 0) is 24.7 Å². The molecule has 2 N–H and O–H groups in total. The molecule has 0 atom stereocenters. The summed E-state index contributed by atoms with van der Waals surface area (Å²) in [4.78, 5) is 11.2. The average molecular weight is 264 g/mol. The van der Waals surface area contributed by atoms with Gasteiger partial charge in [0.05, 0.1) is 0 Å². The number of hydrogen-bond acceptors (Lipinski definition) is 4. The molecule has 0 aromatic carbocycles. The lowest BCUT2D eigenvalue weighted by Crippen LogP contribution is -2.29. The van der Waals surface area contributed by atoms with Gasteiger partial charge in [-0.15, -0.1) is 0 Å². The maximum Gasteiger partial charge on any atom is 0.225 e. The van der Waals surface area contributed by atoms with E-state index in [1.165, 1.54) is 12.8 Å². The van der Waals surface area contributed by atoms with Crippen molar-refractivity contribution in [2.75, 3.05) is 18.0 Å². The van der Waals surface area contributed by atoms with Crippen molar-refractivity contribution in [2.24, 2.45) is 17.6 Å². The Bertz CT molecular complexity index is 334. The molecule has 4 heteroatoms. The summed E-state index contributed by atoms with van der Waals surface area (Å²) < 4.78 is 0. The first kappa shape index (κ1) is 15.9. The van der Waals surface area contributed by atoms with Crippen molar-refractivity contribution < 1.29 is 0 Å². The van der Waals surface area contributed by atoms with Crippen LogP contribution in [0.15, 0.2) is 12.4 Å². The van der Waals surface area contributed by atoms with E-state index in [4.69, 9.17) is 5.73 Å². The van der Waals surface area contributed by atoms with Crippen LogP contribution in [0, 0.1) is 11.8 Å². The van der Waals surface area contributed by atoms with Gasteiger partial charge in [0, 0.05) is 37.6 Å². The first-order chi connectivity index (χ1) is 9.02. The van der Waals surface area contributed by atoms with Gasteiger partial charge < -0.3 is 10.6 Å². The van der Waals surface area contributed by atoms with Crippen LogP contribution in [-0.2, 0) is 6.54 Å². The maximum absolute atomic E-state index is 5.58. The normalized spacial score (nSPS) is 11.3. The molecule has 1 rings (SSSR count). The Hall–Kier alpha value is -1.16. The lowest BCUT2D eigenvalue weighted by molar-refractivity contribution is 0.530. The topological polar surface area (TPSA) is 55.0 Å². The van der Waals surface area contributed by atoms with Crippen LogP contribution in [0.4, 0.5) is 5.95 Å². The molecule has 0 aliphatic heterocycles. The highest BCUT2D eigenvalue weighted by Gasteiger charge is 2.11.